The fourth-order valence-electron chi connectivity index (χ4n) is 12.5. The molecule has 103 heavy (non-hydrogen) atoms. The first kappa shape index (κ1) is 101. The number of rotatable bonds is 82. The summed E-state index contributed by atoms with van der Waals surface area (Å²) in [4.78, 5) is 73.1. The van der Waals surface area contributed by atoms with E-state index in [0.717, 1.165) is 115 Å². The van der Waals surface area contributed by atoms with Gasteiger partial charge >= 0.3 is 39.5 Å². The normalized spacial score (nSPS) is 14.2. The molecule has 0 saturated carbocycles. The molecule has 0 aliphatic rings. The van der Waals surface area contributed by atoms with Crippen LogP contribution in [0.1, 0.15) is 426 Å². The lowest BCUT2D eigenvalue weighted by atomic mass is 9.99. The molecule has 0 fully saturated rings. The van der Waals surface area contributed by atoms with E-state index in [1.165, 1.54) is 231 Å². The molecule has 0 amide bonds. The van der Waals surface area contributed by atoms with Crippen LogP contribution in [0.25, 0.3) is 0 Å². The number of carbonyl (C=O) groups excluding carboxylic acids is 4. The molecule has 0 aromatic rings. The third-order valence-electron chi connectivity index (χ3n) is 19.5. The van der Waals surface area contributed by atoms with Crippen molar-refractivity contribution >= 4 is 39.5 Å². The first-order valence-corrected chi connectivity index (χ1v) is 46.0. The first-order chi connectivity index (χ1) is 50.1. The van der Waals surface area contributed by atoms with Crippen molar-refractivity contribution in [3.8, 4) is 0 Å². The van der Waals surface area contributed by atoms with Gasteiger partial charge in [-0.25, -0.2) is 9.13 Å². The van der Waals surface area contributed by atoms with Crippen molar-refractivity contribution in [1.82, 2.24) is 0 Å². The zero-order valence-electron chi connectivity index (χ0n) is 66.9. The molecule has 0 aromatic carbocycles. The second-order valence-corrected chi connectivity index (χ2v) is 32.7. The van der Waals surface area contributed by atoms with Crippen LogP contribution in [0, 0.1) is 5.92 Å². The summed E-state index contributed by atoms with van der Waals surface area (Å²) in [6.07, 6.45) is 71.5. The number of allylic oxidation sites excluding steroid dienone is 4. The van der Waals surface area contributed by atoms with Gasteiger partial charge in [-0.1, -0.05) is 374 Å². The van der Waals surface area contributed by atoms with Crippen LogP contribution in [0.5, 0.6) is 0 Å². The van der Waals surface area contributed by atoms with E-state index in [0.29, 0.717) is 25.7 Å². The van der Waals surface area contributed by atoms with E-state index < -0.39 is 97.5 Å². The molecular weight excluding hydrogens is 1340 g/mol. The molecule has 3 unspecified atom stereocenters. The Labute approximate surface area is 631 Å². The lowest BCUT2D eigenvalue weighted by Crippen LogP contribution is -2.30. The number of hydrogen-bond donors (Lipinski definition) is 3. The van der Waals surface area contributed by atoms with Crippen molar-refractivity contribution in [1.29, 1.82) is 0 Å². The van der Waals surface area contributed by atoms with Crippen LogP contribution >= 0.6 is 15.6 Å². The van der Waals surface area contributed by atoms with Gasteiger partial charge in [0.25, 0.3) is 0 Å². The van der Waals surface area contributed by atoms with Crippen molar-refractivity contribution in [3.05, 3.63) is 24.3 Å². The number of aliphatic hydroxyl groups excluding tert-OH is 1. The van der Waals surface area contributed by atoms with Gasteiger partial charge in [-0.15, -0.1) is 0 Å². The van der Waals surface area contributed by atoms with E-state index in [2.05, 4.69) is 58.9 Å². The Kier molecular flexibility index (Phi) is 74.5. The maximum absolute atomic E-state index is 13.1. The third-order valence-corrected chi connectivity index (χ3v) is 21.4. The number of ether oxygens (including phenoxy) is 4. The van der Waals surface area contributed by atoms with Gasteiger partial charge in [0.2, 0.25) is 0 Å². The Morgan fingerprint density at radius 2 is 0.544 bits per heavy atom. The van der Waals surface area contributed by atoms with Crippen LogP contribution in [-0.4, -0.2) is 96.7 Å². The fraction of sp³-hybridized carbons (Fsp3) is 0.905. The van der Waals surface area contributed by atoms with E-state index in [9.17, 15) is 43.2 Å². The zero-order chi connectivity index (χ0) is 75.5. The number of phosphoric acid groups is 2. The number of hydrogen-bond acceptors (Lipinski definition) is 15. The molecule has 0 bridgehead atoms. The highest BCUT2D eigenvalue weighted by Crippen LogP contribution is 2.45. The smallest absolute Gasteiger partial charge is 0.462 e. The monoisotopic (exact) mass is 1500 g/mol. The number of carbonyl (C=O) groups is 4. The van der Waals surface area contributed by atoms with Gasteiger partial charge in [-0.2, -0.15) is 0 Å². The number of phosphoric ester groups is 2. The van der Waals surface area contributed by atoms with E-state index in [1.807, 2.05) is 0 Å². The molecule has 17 nitrogen and oxygen atoms in total. The van der Waals surface area contributed by atoms with Gasteiger partial charge in [0, 0.05) is 25.7 Å². The van der Waals surface area contributed by atoms with Gasteiger partial charge in [-0.05, 0) is 57.3 Å². The minimum atomic E-state index is -4.97. The largest absolute Gasteiger partial charge is 0.472 e. The van der Waals surface area contributed by atoms with Crippen molar-refractivity contribution < 1.29 is 80.2 Å². The maximum atomic E-state index is 13.1. The van der Waals surface area contributed by atoms with Crippen molar-refractivity contribution in [2.24, 2.45) is 5.92 Å². The highest BCUT2D eigenvalue weighted by molar-refractivity contribution is 7.47. The Bertz CT molecular complexity index is 2060. The van der Waals surface area contributed by atoms with Crippen molar-refractivity contribution in [2.45, 2.75) is 445 Å². The predicted octanol–water partition coefficient (Wildman–Crippen LogP) is 25.1. The Morgan fingerprint density at radius 3 is 0.825 bits per heavy atom. The van der Waals surface area contributed by atoms with E-state index in [4.69, 9.17) is 37.0 Å². The summed E-state index contributed by atoms with van der Waals surface area (Å²) < 4.78 is 68.8. The molecule has 0 aliphatic carbocycles. The molecule has 0 aromatic heterocycles. The Morgan fingerprint density at radius 1 is 0.311 bits per heavy atom. The molecule has 6 atom stereocenters. The summed E-state index contributed by atoms with van der Waals surface area (Å²) in [5.41, 5.74) is 0. The third kappa shape index (κ3) is 76.1. The average Bonchev–Trinajstić information content (AvgIpc) is 0.954. The topological polar surface area (TPSA) is 237 Å². The lowest BCUT2D eigenvalue weighted by Gasteiger charge is -2.21. The Balaban J connectivity index is 5.27. The molecule has 0 heterocycles. The second-order valence-electron chi connectivity index (χ2n) is 29.8. The van der Waals surface area contributed by atoms with Crippen LogP contribution in [0.2, 0.25) is 0 Å². The molecule has 3 N–H and O–H groups in total. The quantitative estimate of drug-likeness (QED) is 0.0169. The van der Waals surface area contributed by atoms with Gasteiger partial charge in [0.15, 0.2) is 12.2 Å². The van der Waals surface area contributed by atoms with Crippen molar-refractivity contribution in [3.63, 3.8) is 0 Å². The maximum Gasteiger partial charge on any atom is 0.472 e. The lowest BCUT2D eigenvalue weighted by molar-refractivity contribution is -0.161. The fourth-order valence-corrected chi connectivity index (χ4v) is 14.1. The highest BCUT2D eigenvalue weighted by Gasteiger charge is 2.30. The second kappa shape index (κ2) is 76.3. The van der Waals surface area contributed by atoms with Gasteiger partial charge < -0.3 is 33.8 Å². The molecule has 0 aliphatic heterocycles. The molecule has 0 rings (SSSR count). The van der Waals surface area contributed by atoms with Crippen LogP contribution in [-0.2, 0) is 65.4 Å². The zero-order valence-corrected chi connectivity index (χ0v) is 68.7. The number of aliphatic hydroxyl groups is 1. The van der Waals surface area contributed by atoms with Gasteiger partial charge in [-0.3, -0.25) is 37.3 Å². The standard InChI is InChI=1S/C84H160O17P2/c1-6-10-13-16-19-22-25-28-31-32-33-34-35-36-39-42-45-48-55-60-65-70-83(88)100-79(73-94-81(86)67-62-57-52-46-43-40-37-29-26-23-20-17-14-11-7-2)75-98-102(90,91)96-71-78(85)72-97-103(92,93)99-76-80(74-95-82(87)68-63-58-53-50-49-51-56-61-66-77(5)9-4)101-84(89)69-64-59-54-47-44-41-38-30-27-24-21-18-15-12-8-3/h23,26,29,37,77-80,85H,6-22,24-25,27-28,30-36,38-76H2,1-5H3,(H,90,91)(H,92,93)/b26-23-,37-29-/t77?,78-,79-,80-/m1/s1. The Hall–Kier alpha value is -2.46. The van der Waals surface area contributed by atoms with Crippen LogP contribution in [0.15, 0.2) is 24.3 Å². The minimum Gasteiger partial charge on any atom is -0.462 e. The molecular formula is C84H160O17P2. The molecule has 0 saturated heterocycles. The summed E-state index contributed by atoms with van der Waals surface area (Å²) in [5.74, 6) is -1.36. The SMILES string of the molecule is CCCCCC/C=C\C=C/CCCCCCCC(=O)OC[C@H](COP(=O)(O)OC[C@@H](O)COP(=O)(O)OC[C@@H](COC(=O)CCCCCCCCCCC(C)CC)OC(=O)CCCCCCCCCCCCCCCCC)OC(=O)CCCCCCCCCCCCCCCCCCCCCCC. The summed E-state index contributed by atoms with van der Waals surface area (Å²) in [6, 6.07) is 0. The van der Waals surface area contributed by atoms with E-state index >= 15 is 0 Å². The minimum absolute atomic E-state index is 0.102. The number of unbranched alkanes of at least 4 members (excludes halogenated alkanes) is 50. The van der Waals surface area contributed by atoms with Gasteiger partial charge in [0.1, 0.15) is 19.3 Å². The highest BCUT2D eigenvalue weighted by atomic mass is 31.2. The number of esters is 4. The summed E-state index contributed by atoms with van der Waals surface area (Å²) in [5, 5.41) is 10.7. The molecule has 608 valence electrons. The average molecular weight is 1500 g/mol. The van der Waals surface area contributed by atoms with Crippen LogP contribution in [0.4, 0.5) is 0 Å². The van der Waals surface area contributed by atoms with Crippen LogP contribution < -0.4 is 0 Å². The summed E-state index contributed by atoms with van der Waals surface area (Å²) in [6.45, 7) is 7.29. The van der Waals surface area contributed by atoms with Gasteiger partial charge in [0.05, 0.1) is 26.4 Å². The summed E-state index contributed by atoms with van der Waals surface area (Å²) >= 11 is 0. The predicted molar refractivity (Wildman–Crippen MR) is 423 cm³/mol. The van der Waals surface area contributed by atoms with Crippen molar-refractivity contribution in [2.75, 3.05) is 39.6 Å². The molecule has 19 heteroatoms. The van der Waals surface area contributed by atoms with E-state index in [-0.39, 0.29) is 25.7 Å². The first-order valence-electron chi connectivity index (χ1n) is 43.0. The van der Waals surface area contributed by atoms with Crippen LogP contribution in [0.3, 0.4) is 0 Å². The molecule has 0 radical (unpaired) electrons. The molecule has 0 spiro atoms. The summed E-state index contributed by atoms with van der Waals surface area (Å²) in [7, 11) is -9.94. The van der Waals surface area contributed by atoms with E-state index in [1.54, 1.807) is 0 Å².